The van der Waals surface area contributed by atoms with Gasteiger partial charge in [-0.1, -0.05) is 36.4 Å². The van der Waals surface area contributed by atoms with Gasteiger partial charge in [0, 0.05) is 28.2 Å². The van der Waals surface area contributed by atoms with Gasteiger partial charge in [0.15, 0.2) is 0 Å². The number of alkyl halides is 9. The Hall–Kier alpha value is -1.67. The molecule has 0 saturated heterocycles. The number of benzene rings is 2. The minimum Gasteiger partial charge on any atom is -0.264 e. The number of halogens is 9. The summed E-state index contributed by atoms with van der Waals surface area (Å²) in [6, 6.07) is 10.3. The first-order valence-electron chi connectivity index (χ1n) is 7.70. The standard InChI is InChI=1S/C16H13F9O3S2/c1-29(2,12-9-5-7-10-6-3-4-8-11(10)12)28-30(26,27)16(24,25)14(19,20)13(17,18)15(21,22)23/h3-9H,1-2H3/p+1. The van der Waals surface area contributed by atoms with Crippen LogP contribution in [0.2, 0.25) is 0 Å². The van der Waals surface area contributed by atoms with Gasteiger partial charge in [0.05, 0.1) is 4.90 Å². The second kappa shape index (κ2) is 7.19. The van der Waals surface area contributed by atoms with Crippen molar-refractivity contribution in [2.24, 2.45) is 0 Å². The summed E-state index contributed by atoms with van der Waals surface area (Å²) in [4.78, 5) is 0.0193. The molecule has 14 heteroatoms. The van der Waals surface area contributed by atoms with Crippen LogP contribution in [0.1, 0.15) is 0 Å². The molecule has 0 aliphatic heterocycles. The van der Waals surface area contributed by atoms with E-state index in [1.165, 1.54) is 24.3 Å². The lowest BCUT2D eigenvalue weighted by Gasteiger charge is -2.33. The molecule has 1 N–H and O–H groups in total. The van der Waals surface area contributed by atoms with Gasteiger partial charge in [-0.15, -0.1) is 8.42 Å². The van der Waals surface area contributed by atoms with Crippen molar-refractivity contribution >= 4 is 31.2 Å². The molecule has 0 atom stereocenters. The SMILES string of the molecule is CS(C)([OH+]S(=O)(=O)C(F)(F)C(F)(F)C(F)(F)C(F)(F)F)c1cccc2ccccc12. The van der Waals surface area contributed by atoms with Gasteiger partial charge in [-0.2, -0.15) is 39.5 Å². The Balaban J connectivity index is 2.55. The Morgan fingerprint density at radius 2 is 1.23 bits per heavy atom. The van der Waals surface area contributed by atoms with Crippen molar-refractivity contribution in [3.8, 4) is 0 Å². The van der Waals surface area contributed by atoms with Crippen LogP contribution >= 0.6 is 10.3 Å². The van der Waals surface area contributed by atoms with Gasteiger partial charge in [-0.25, -0.2) is 0 Å². The highest BCUT2D eigenvalue weighted by Gasteiger charge is 2.87. The Labute approximate surface area is 166 Å². The first-order chi connectivity index (χ1) is 13.3. The van der Waals surface area contributed by atoms with Gasteiger partial charge < -0.3 is 0 Å². The zero-order chi connectivity index (χ0) is 23.4. The van der Waals surface area contributed by atoms with Crippen LogP contribution in [0.15, 0.2) is 47.4 Å². The largest absolute Gasteiger partial charge is 0.486 e. The average molecular weight is 489 g/mol. The van der Waals surface area contributed by atoms with Gasteiger partial charge >= 0.3 is 33.4 Å². The second-order valence-electron chi connectivity index (χ2n) is 6.46. The number of rotatable bonds is 6. The molecule has 0 spiro atoms. The number of hydrogen-bond acceptors (Lipinski definition) is 2. The van der Waals surface area contributed by atoms with Crippen LogP contribution < -0.4 is 0 Å². The van der Waals surface area contributed by atoms with Crippen LogP contribution in [0.5, 0.6) is 0 Å². The third-order valence-corrected chi connectivity index (χ3v) is 8.62. The van der Waals surface area contributed by atoms with E-state index in [9.17, 15) is 47.9 Å². The summed E-state index contributed by atoms with van der Waals surface area (Å²) < 4.78 is 144. The summed E-state index contributed by atoms with van der Waals surface area (Å²) >= 11 is 0. The van der Waals surface area contributed by atoms with Gasteiger partial charge in [0.2, 0.25) is 0 Å². The minimum atomic E-state index is -7.33. The molecular formula is C16H14F9O3S2+. The van der Waals surface area contributed by atoms with Crippen molar-refractivity contribution in [1.82, 2.24) is 0 Å². The number of fused-ring (bicyclic) bond motifs is 1. The molecule has 2 aromatic carbocycles. The summed E-state index contributed by atoms with van der Waals surface area (Å²) in [7, 11) is -10.1. The number of hydrogen-bond donors (Lipinski definition) is 0. The van der Waals surface area contributed by atoms with Crippen molar-refractivity contribution in [2.75, 3.05) is 12.5 Å². The molecular weight excluding hydrogens is 475 g/mol. The van der Waals surface area contributed by atoms with Crippen LogP contribution in [0.4, 0.5) is 39.5 Å². The average Bonchev–Trinajstić information content (AvgIpc) is 2.58. The van der Waals surface area contributed by atoms with Gasteiger partial charge in [0.25, 0.3) is 0 Å². The van der Waals surface area contributed by atoms with Crippen molar-refractivity contribution in [2.45, 2.75) is 28.2 Å². The van der Waals surface area contributed by atoms with Crippen LogP contribution in [0.3, 0.4) is 0 Å². The van der Waals surface area contributed by atoms with E-state index in [1.54, 1.807) is 18.2 Å². The van der Waals surface area contributed by atoms with Crippen LogP contribution in [0.25, 0.3) is 10.8 Å². The molecule has 30 heavy (non-hydrogen) atoms. The topological polar surface area (TPSA) is 46.9 Å². The normalized spacial score (nSPS) is 15.4. The summed E-state index contributed by atoms with van der Waals surface area (Å²) in [6.07, 6.45) is -5.15. The molecule has 0 unspecified atom stereocenters. The predicted octanol–water partition coefficient (Wildman–Crippen LogP) is 6.03. The molecule has 2 aromatic rings. The van der Waals surface area contributed by atoms with Crippen LogP contribution in [-0.4, -0.2) is 47.8 Å². The molecule has 0 heterocycles. The summed E-state index contributed by atoms with van der Waals surface area (Å²) in [6.45, 7) is 0. The van der Waals surface area contributed by atoms with Crippen molar-refractivity contribution < 1.29 is 51.6 Å². The first kappa shape index (κ1) is 24.6. The maximum Gasteiger partial charge on any atom is 0.486 e. The second-order valence-corrected chi connectivity index (χ2v) is 11.5. The fourth-order valence-corrected chi connectivity index (χ4v) is 6.73. The Morgan fingerprint density at radius 3 is 1.77 bits per heavy atom. The van der Waals surface area contributed by atoms with Crippen molar-refractivity contribution in [3.05, 3.63) is 42.5 Å². The van der Waals surface area contributed by atoms with Crippen molar-refractivity contribution in [1.29, 1.82) is 0 Å². The highest BCUT2D eigenvalue weighted by molar-refractivity contribution is 8.31. The molecule has 0 fully saturated rings. The zero-order valence-corrected chi connectivity index (χ0v) is 16.7. The molecule has 0 bridgehead atoms. The lowest BCUT2D eigenvalue weighted by atomic mass is 10.1. The zero-order valence-electron chi connectivity index (χ0n) is 15.0. The quantitative estimate of drug-likeness (QED) is 0.283. The van der Waals surface area contributed by atoms with Gasteiger partial charge in [-0.05, 0) is 11.5 Å². The molecule has 170 valence electrons. The molecule has 2 rings (SSSR count). The lowest BCUT2D eigenvalue weighted by molar-refractivity contribution is -0.382. The van der Waals surface area contributed by atoms with E-state index in [-0.39, 0.29) is 4.90 Å². The maximum absolute atomic E-state index is 14.0. The molecule has 0 aliphatic carbocycles. The summed E-state index contributed by atoms with van der Waals surface area (Å²) in [5.74, 6) is -14.6. The molecule has 0 aliphatic rings. The Bertz CT molecular complexity index is 1040. The lowest BCUT2D eigenvalue weighted by Crippen LogP contribution is -2.63. The summed E-state index contributed by atoms with van der Waals surface area (Å²) in [5.41, 5.74) is 0. The Kier molecular flexibility index (Phi) is 5.90. The predicted molar refractivity (Wildman–Crippen MR) is 94.1 cm³/mol. The molecule has 0 saturated carbocycles. The van der Waals surface area contributed by atoms with E-state index in [4.69, 9.17) is 0 Å². The highest BCUT2D eigenvalue weighted by atomic mass is 32.3. The van der Waals surface area contributed by atoms with Crippen LogP contribution in [0, 0.1) is 0 Å². The summed E-state index contributed by atoms with van der Waals surface area (Å²) in [5, 5.41) is -6.02. The first-order valence-corrected chi connectivity index (χ1v) is 11.5. The third kappa shape index (κ3) is 3.73. The van der Waals surface area contributed by atoms with Gasteiger partial charge in [0.1, 0.15) is 0 Å². The van der Waals surface area contributed by atoms with E-state index >= 15 is 0 Å². The monoisotopic (exact) mass is 489 g/mol. The van der Waals surface area contributed by atoms with Crippen LogP contribution in [-0.2, 0) is 10.1 Å². The maximum atomic E-state index is 14.0. The van der Waals surface area contributed by atoms with E-state index < -0.39 is 43.7 Å². The van der Waals surface area contributed by atoms with E-state index in [2.05, 4.69) is 3.63 Å². The third-order valence-electron chi connectivity index (χ3n) is 4.01. The molecule has 0 radical (unpaired) electrons. The molecule has 0 aromatic heterocycles. The Morgan fingerprint density at radius 1 is 0.733 bits per heavy atom. The smallest absolute Gasteiger partial charge is 0.264 e. The minimum absolute atomic E-state index is 0.0193. The fraction of sp³-hybridized carbons (Fsp3) is 0.375. The van der Waals surface area contributed by atoms with Crippen molar-refractivity contribution in [3.63, 3.8) is 0 Å². The van der Waals surface area contributed by atoms with E-state index in [0.29, 0.717) is 10.8 Å². The van der Waals surface area contributed by atoms with E-state index in [0.717, 1.165) is 12.5 Å². The molecule has 3 nitrogen and oxygen atoms in total. The van der Waals surface area contributed by atoms with Gasteiger partial charge in [-0.3, -0.25) is 3.63 Å². The molecule has 0 amide bonds. The fourth-order valence-electron chi connectivity index (χ4n) is 2.49. The van der Waals surface area contributed by atoms with E-state index in [1.807, 2.05) is 0 Å². The highest BCUT2D eigenvalue weighted by Crippen LogP contribution is 2.58.